The van der Waals surface area contributed by atoms with E-state index in [1.54, 1.807) is 0 Å². The lowest BCUT2D eigenvalue weighted by atomic mass is 9.82. The molecule has 0 aliphatic rings. The minimum atomic E-state index is -10.2. The number of hydrogen-bond donors (Lipinski definition) is 0. The number of hydrogen-bond acceptors (Lipinski definition) is 2. The molecule has 0 radical (unpaired) electrons. The first kappa shape index (κ1) is 53.9. The Balaban J connectivity index is 7.57. The van der Waals surface area contributed by atoms with Crippen LogP contribution in [0.15, 0.2) is 12.2 Å². The molecule has 0 atom stereocenters. The van der Waals surface area contributed by atoms with Crippen molar-refractivity contribution in [2.24, 2.45) is 0 Å². The second-order valence-electron chi connectivity index (χ2n) is 10.9. The van der Waals surface area contributed by atoms with Gasteiger partial charge in [0.15, 0.2) is 0 Å². The molecule has 0 saturated carbocycles. The first-order chi connectivity index (χ1) is 24.1. The van der Waals surface area contributed by atoms with Crippen LogP contribution in [0.1, 0.15) is 13.3 Å². The summed E-state index contributed by atoms with van der Waals surface area (Å²) < 4.78 is 452. The molecule has 0 fully saturated rings. The van der Waals surface area contributed by atoms with Crippen molar-refractivity contribution in [3.8, 4) is 0 Å². The molecule has 0 aliphatic heterocycles. The van der Waals surface area contributed by atoms with Gasteiger partial charge < -0.3 is 4.74 Å². The lowest BCUT2D eigenvalue weighted by molar-refractivity contribution is -0.491. The summed E-state index contributed by atoms with van der Waals surface area (Å²) in [5.74, 6) is -145. The number of ether oxygens (including phenoxy) is 1. The Hall–Kier alpha value is -3.10. The summed E-state index contributed by atoms with van der Waals surface area (Å²) in [7, 11) is 0. The lowest BCUT2D eigenvalue weighted by Gasteiger charge is -2.46. The number of halogens is 33. The van der Waals surface area contributed by atoms with Gasteiger partial charge in [-0.25, -0.2) is 4.79 Å². The summed E-state index contributed by atoms with van der Waals surface area (Å²) in [6.07, 6.45) is -11.7. The third-order valence-electron chi connectivity index (χ3n) is 6.94. The number of rotatable bonds is 18. The molecule has 2 nitrogen and oxygen atoms in total. The fourth-order valence-corrected chi connectivity index (χ4v) is 3.33. The summed E-state index contributed by atoms with van der Waals surface area (Å²) in [6.45, 7) is 0.900. The van der Waals surface area contributed by atoms with Crippen LogP contribution >= 0.6 is 0 Å². The zero-order chi connectivity index (χ0) is 47.3. The molecule has 57 heavy (non-hydrogen) atoms. The minimum absolute atomic E-state index is 0.620. The van der Waals surface area contributed by atoms with E-state index >= 15 is 0 Å². The van der Waals surface area contributed by atoms with Crippen molar-refractivity contribution < 1.29 is 154 Å². The topological polar surface area (TPSA) is 26.3 Å². The highest BCUT2D eigenvalue weighted by atomic mass is 19.4. The van der Waals surface area contributed by atoms with Gasteiger partial charge in [-0.05, 0) is 6.92 Å². The quantitative estimate of drug-likeness (QED) is 0.0778. The molecule has 0 aromatic heterocycles. The minimum Gasteiger partial charge on any atom is -0.462 e. The summed E-state index contributed by atoms with van der Waals surface area (Å²) in [4.78, 5) is 11.0. The fraction of sp³-hybridized carbons (Fsp3) is 0.864. The zero-order valence-electron chi connectivity index (χ0n) is 25.4. The van der Waals surface area contributed by atoms with Crippen molar-refractivity contribution in [2.75, 3.05) is 6.61 Å². The molecule has 0 aromatic rings. The third kappa shape index (κ3) is 6.71. The number of alkyl halides is 33. The van der Waals surface area contributed by atoms with Crippen LogP contribution in [0.25, 0.3) is 0 Å². The smallest absolute Gasteiger partial charge is 0.460 e. The second kappa shape index (κ2) is 13.7. The van der Waals surface area contributed by atoms with Gasteiger partial charge in [0.05, 0.1) is 13.0 Å². The van der Waals surface area contributed by atoms with E-state index in [2.05, 4.69) is 11.3 Å². The van der Waals surface area contributed by atoms with E-state index in [4.69, 9.17) is 0 Å². The van der Waals surface area contributed by atoms with Gasteiger partial charge in [0.25, 0.3) is 0 Å². The Labute approximate surface area is 288 Å². The van der Waals surface area contributed by atoms with Gasteiger partial charge in [0.2, 0.25) is 0 Å². The molecule has 0 aliphatic carbocycles. The monoisotopic (exact) mass is 932 g/mol. The van der Waals surface area contributed by atoms with E-state index < -0.39 is 120 Å². The van der Waals surface area contributed by atoms with Crippen LogP contribution in [0.3, 0.4) is 0 Å². The van der Waals surface area contributed by atoms with E-state index in [1.807, 2.05) is 0 Å². The molecule has 0 rings (SSSR count). The Bertz CT molecular complexity index is 1500. The van der Waals surface area contributed by atoms with Crippen molar-refractivity contribution in [1.29, 1.82) is 0 Å². The van der Waals surface area contributed by atoms with Gasteiger partial charge in [-0.3, -0.25) is 0 Å². The summed E-state index contributed by atoms with van der Waals surface area (Å²) in [6, 6.07) is 0. The first-order valence-electron chi connectivity index (χ1n) is 12.6. The molecule has 0 aromatic carbocycles. The van der Waals surface area contributed by atoms with E-state index in [0.717, 1.165) is 0 Å². The molecule has 0 bridgehead atoms. The average Bonchev–Trinajstić information content (AvgIpc) is 2.98. The van der Waals surface area contributed by atoms with Crippen LogP contribution in [0.4, 0.5) is 145 Å². The molecule has 0 amide bonds. The van der Waals surface area contributed by atoms with Crippen LogP contribution < -0.4 is 0 Å². The van der Waals surface area contributed by atoms with Gasteiger partial charge >= 0.3 is 101 Å². The SMILES string of the molecule is C=C(C)C(=O)OCCC(F)(F)C(F)(F)C(F)(F)C(F)(F)C(F)(F)C(F)(F)C(F)(F)C(F)(F)C(F)(F)C(F)(F)C(F)(F)C(F)(F)C(F)(F)C(F)(F)C(F)(F)C(F)(F)F. The highest BCUT2D eigenvalue weighted by Crippen LogP contribution is 2.70. The van der Waals surface area contributed by atoms with Crippen molar-refractivity contribution >= 4 is 5.97 Å². The zero-order valence-corrected chi connectivity index (χ0v) is 25.4. The van der Waals surface area contributed by atoms with Gasteiger partial charge in [-0.2, -0.15) is 145 Å². The fourth-order valence-electron chi connectivity index (χ4n) is 3.33. The Morgan fingerprint density at radius 3 is 0.702 bits per heavy atom. The molecule has 0 spiro atoms. The van der Waals surface area contributed by atoms with Crippen LogP contribution in [0, 0.1) is 0 Å². The largest absolute Gasteiger partial charge is 0.462 e. The van der Waals surface area contributed by atoms with Gasteiger partial charge in [-0.15, -0.1) is 0 Å². The number of esters is 1. The highest BCUT2D eigenvalue weighted by Gasteiger charge is 3.01. The van der Waals surface area contributed by atoms with E-state index in [-0.39, 0.29) is 0 Å². The summed E-state index contributed by atoms with van der Waals surface area (Å²) >= 11 is 0. The van der Waals surface area contributed by atoms with E-state index in [9.17, 15) is 150 Å². The average molecular weight is 932 g/mol. The number of carbonyl (C=O) groups is 1. The van der Waals surface area contributed by atoms with Gasteiger partial charge in [0, 0.05) is 5.57 Å². The molecule has 0 N–H and O–H groups in total. The highest BCUT2D eigenvalue weighted by molar-refractivity contribution is 5.86. The van der Waals surface area contributed by atoms with Crippen molar-refractivity contribution in [3.05, 3.63) is 12.2 Å². The normalized spacial score (nSPS) is 16.5. The van der Waals surface area contributed by atoms with Crippen LogP contribution in [-0.2, 0) is 9.53 Å². The first-order valence-corrected chi connectivity index (χ1v) is 12.6. The van der Waals surface area contributed by atoms with Crippen LogP contribution in [0.5, 0.6) is 0 Å². The number of carbonyl (C=O) groups excluding carboxylic acids is 1. The second-order valence-corrected chi connectivity index (χ2v) is 10.9. The summed E-state index contributed by atoms with van der Waals surface area (Å²) in [5.41, 5.74) is -0.868. The van der Waals surface area contributed by atoms with Crippen LogP contribution in [0.2, 0.25) is 0 Å². The van der Waals surface area contributed by atoms with Crippen LogP contribution in [-0.4, -0.2) is 108 Å². The van der Waals surface area contributed by atoms with Crippen molar-refractivity contribution in [1.82, 2.24) is 0 Å². The molecular weight excluding hydrogens is 923 g/mol. The van der Waals surface area contributed by atoms with Crippen molar-refractivity contribution in [3.63, 3.8) is 0 Å². The molecule has 0 saturated heterocycles. The Morgan fingerprint density at radius 2 is 0.526 bits per heavy atom. The summed E-state index contributed by atoms with van der Waals surface area (Å²) in [5, 5.41) is 0. The molecule has 0 heterocycles. The van der Waals surface area contributed by atoms with E-state index in [0.29, 0.717) is 6.92 Å². The standard InChI is InChI=1S/C22H9F33O2/c1-5(2)6(56)57-4-3-7(23,24)8(25,26)9(27,28)10(29,30)11(31,32)12(33,34)13(35,36)14(37,38)15(39,40)16(41,42)17(43,44)18(45,46)19(47,48)20(49,50)21(51,52)22(53,54)55/h1,3-4H2,2H3. The maximum absolute atomic E-state index is 14.0. The molecule has 0 unspecified atom stereocenters. The van der Waals surface area contributed by atoms with E-state index in [1.165, 1.54) is 0 Å². The Kier molecular flexibility index (Phi) is 13.0. The molecular formula is C22H9F33O2. The van der Waals surface area contributed by atoms with Gasteiger partial charge in [0.1, 0.15) is 0 Å². The molecule has 35 heteroatoms. The predicted molar refractivity (Wildman–Crippen MR) is 111 cm³/mol. The predicted octanol–water partition coefficient (Wildman–Crippen LogP) is 11.6. The Morgan fingerprint density at radius 1 is 0.351 bits per heavy atom. The van der Waals surface area contributed by atoms with Crippen molar-refractivity contribution in [2.45, 2.75) is 108 Å². The maximum Gasteiger partial charge on any atom is 0.460 e. The third-order valence-corrected chi connectivity index (χ3v) is 6.94. The van der Waals surface area contributed by atoms with Gasteiger partial charge in [-0.1, -0.05) is 6.58 Å². The molecule has 340 valence electrons. The lowest BCUT2D eigenvalue weighted by Crippen LogP contribution is -2.80. The maximum atomic E-state index is 14.0.